The van der Waals surface area contributed by atoms with Crippen molar-refractivity contribution in [1.82, 2.24) is 4.90 Å². The quantitative estimate of drug-likeness (QED) is 0.610. The van der Waals surface area contributed by atoms with Crippen LogP contribution < -0.4 is 4.74 Å². The van der Waals surface area contributed by atoms with Crippen molar-refractivity contribution in [3.8, 4) is 5.75 Å². The van der Waals surface area contributed by atoms with Crippen molar-refractivity contribution in [2.24, 2.45) is 0 Å². The Labute approximate surface area is 164 Å². The highest BCUT2D eigenvalue weighted by Crippen LogP contribution is 2.28. The summed E-state index contributed by atoms with van der Waals surface area (Å²) < 4.78 is 10.6. The molecule has 3 rings (SSSR count). The number of methoxy groups -OCH3 is 1. The summed E-state index contributed by atoms with van der Waals surface area (Å²) in [5, 5.41) is 1.55. The van der Waals surface area contributed by atoms with Crippen molar-refractivity contribution in [3.05, 3.63) is 77.4 Å². The number of hydrogen-bond acceptors (Lipinski definition) is 4. The molecule has 0 heterocycles. The number of amides is 1. The molecule has 0 saturated heterocycles. The van der Waals surface area contributed by atoms with Crippen LogP contribution in [-0.4, -0.2) is 37.5 Å². The lowest BCUT2D eigenvalue weighted by molar-refractivity contribution is -0.133. The van der Waals surface area contributed by atoms with Crippen LogP contribution in [-0.2, 0) is 16.1 Å². The Bertz CT molecular complexity index is 1010. The number of nitrogens with zero attached hydrogens (tertiary/aromatic N) is 1. The summed E-state index contributed by atoms with van der Waals surface area (Å²) in [7, 11) is 3.29. The predicted molar refractivity (Wildman–Crippen MR) is 108 cm³/mol. The van der Waals surface area contributed by atoms with Gasteiger partial charge in [0.05, 0.1) is 12.7 Å². The smallest absolute Gasteiger partial charge is 0.339 e. The molecule has 0 atom stereocenters. The highest BCUT2D eigenvalue weighted by Gasteiger charge is 2.17. The molecule has 0 aliphatic rings. The molecule has 0 unspecified atom stereocenters. The molecule has 0 spiro atoms. The molecule has 1 amide bonds. The van der Waals surface area contributed by atoms with Gasteiger partial charge in [-0.05, 0) is 35.6 Å². The number of fused-ring (bicyclic) bond motifs is 1. The van der Waals surface area contributed by atoms with Gasteiger partial charge in [-0.2, -0.15) is 0 Å². The van der Waals surface area contributed by atoms with Gasteiger partial charge in [-0.25, -0.2) is 4.79 Å². The minimum atomic E-state index is -0.531. The first-order valence-electron chi connectivity index (χ1n) is 9.02. The zero-order chi connectivity index (χ0) is 20.1. The van der Waals surface area contributed by atoms with E-state index in [1.54, 1.807) is 31.2 Å². The van der Waals surface area contributed by atoms with Gasteiger partial charge in [0, 0.05) is 19.0 Å². The molecule has 28 heavy (non-hydrogen) atoms. The number of hydrogen-bond donors (Lipinski definition) is 0. The molecule has 5 nitrogen and oxygen atoms in total. The van der Waals surface area contributed by atoms with E-state index in [0.29, 0.717) is 17.9 Å². The van der Waals surface area contributed by atoms with Crippen molar-refractivity contribution in [1.29, 1.82) is 0 Å². The lowest BCUT2D eigenvalue weighted by Gasteiger charge is -2.18. The molecule has 5 heteroatoms. The molecule has 0 bridgehead atoms. The maximum absolute atomic E-state index is 12.6. The molecule has 0 radical (unpaired) electrons. The number of likely N-dealkylation sites (N-methyl/N-ethyl adjacent to an activating group) is 1. The van der Waals surface area contributed by atoms with E-state index in [-0.39, 0.29) is 12.5 Å². The number of ether oxygens (including phenoxy) is 2. The Kier molecular flexibility index (Phi) is 5.94. The number of rotatable bonds is 6. The highest BCUT2D eigenvalue weighted by atomic mass is 16.5. The highest BCUT2D eigenvalue weighted by molar-refractivity contribution is 6.06. The fraction of sp³-hybridized carbons (Fsp3) is 0.217. The average Bonchev–Trinajstić information content (AvgIpc) is 2.72. The second kappa shape index (κ2) is 8.57. The first-order valence-corrected chi connectivity index (χ1v) is 9.02. The summed E-state index contributed by atoms with van der Waals surface area (Å²) in [6, 6.07) is 18.7. The molecule has 0 aromatic heterocycles. The van der Waals surface area contributed by atoms with E-state index in [2.05, 4.69) is 0 Å². The van der Waals surface area contributed by atoms with Gasteiger partial charge < -0.3 is 14.4 Å². The normalized spacial score (nSPS) is 10.5. The minimum absolute atomic E-state index is 0.255. The summed E-state index contributed by atoms with van der Waals surface area (Å²) in [6.07, 6.45) is 0. The number of carbonyl (C=O) groups excluding carboxylic acids is 2. The largest absolute Gasteiger partial charge is 0.496 e. The van der Waals surface area contributed by atoms with Crippen molar-refractivity contribution in [3.63, 3.8) is 0 Å². The minimum Gasteiger partial charge on any atom is -0.496 e. The first-order chi connectivity index (χ1) is 13.5. The van der Waals surface area contributed by atoms with E-state index in [0.717, 1.165) is 21.9 Å². The average molecular weight is 377 g/mol. The van der Waals surface area contributed by atoms with Gasteiger partial charge in [0.2, 0.25) is 0 Å². The summed E-state index contributed by atoms with van der Waals surface area (Å²) in [4.78, 5) is 26.5. The van der Waals surface area contributed by atoms with Crippen molar-refractivity contribution in [2.45, 2.75) is 13.5 Å². The molecule has 3 aromatic rings. The zero-order valence-corrected chi connectivity index (χ0v) is 16.3. The lowest BCUT2D eigenvalue weighted by atomic mass is 10.0. The standard InChI is InChI=1S/C23H23NO4/c1-16-8-4-5-9-17(16)14-24(2)22(25)15-28-23(26)20-12-13-21(27-3)19-11-7-6-10-18(19)20/h4-13H,14-15H2,1-3H3. The predicted octanol–water partition coefficient (Wildman–Crippen LogP) is 3.97. The molecule has 0 saturated carbocycles. The van der Waals surface area contributed by atoms with Crippen LogP contribution in [0.3, 0.4) is 0 Å². The van der Waals surface area contributed by atoms with Crippen molar-refractivity contribution in [2.75, 3.05) is 20.8 Å². The fourth-order valence-corrected chi connectivity index (χ4v) is 3.07. The van der Waals surface area contributed by atoms with Crippen molar-refractivity contribution < 1.29 is 19.1 Å². The monoisotopic (exact) mass is 377 g/mol. The molecule has 0 aliphatic carbocycles. The number of benzene rings is 3. The molecule has 3 aromatic carbocycles. The van der Waals surface area contributed by atoms with E-state index in [9.17, 15) is 9.59 Å². The number of esters is 1. The number of carbonyl (C=O) groups is 2. The Balaban J connectivity index is 1.68. The van der Waals surface area contributed by atoms with Crippen LogP contribution in [0.5, 0.6) is 5.75 Å². The maximum atomic E-state index is 12.6. The SMILES string of the molecule is COc1ccc(C(=O)OCC(=O)N(C)Cc2ccccc2C)c2ccccc12. The molecular formula is C23H23NO4. The fourth-order valence-electron chi connectivity index (χ4n) is 3.07. The molecule has 0 N–H and O–H groups in total. The van der Waals surface area contributed by atoms with Crippen LogP contribution in [0.1, 0.15) is 21.5 Å². The Hall–Kier alpha value is -3.34. The lowest BCUT2D eigenvalue weighted by Crippen LogP contribution is -2.31. The van der Waals surface area contributed by atoms with Gasteiger partial charge in [0.15, 0.2) is 6.61 Å². The number of aryl methyl sites for hydroxylation is 1. The summed E-state index contributed by atoms with van der Waals surface area (Å²) in [5.41, 5.74) is 2.58. The van der Waals surface area contributed by atoms with E-state index in [1.807, 2.05) is 55.5 Å². The van der Waals surface area contributed by atoms with Gasteiger partial charge in [-0.15, -0.1) is 0 Å². The zero-order valence-electron chi connectivity index (χ0n) is 16.3. The maximum Gasteiger partial charge on any atom is 0.339 e. The first kappa shape index (κ1) is 19.4. The van der Waals surface area contributed by atoms with Gasteiger partial charge in [0.25, 0.3) is 5.91 Å². The van der Waals surface area contributed by atoms with Crippen LogP contribution in [0.25, 0.3) is 10.8 Å². The van der Waals surface area contributed by atoms with Gasteiger partial charge in [-0.3, -0.25) is 4.79 Å². The third-order valence-electron chi connectivity index (χ3n) is 4.75. The van der Waals surface area contributed by atoms with Crippen molar-refractivity contribution >= 4 is 22.6 Å². The molecular weight excluding hydrogens is 354 g/mol. The summed E-state index contributed by atoms with van der Waals surface area (Å²) in [5.74, 6) is -0.105. The second-order valence-corrected chi connectivity index (χ2v) is 6.61. The van der Waals surface area contributed by atoms with E-state index in [1.165, 1.54) is 0 Å². The Morgan fingerprint density at radius 3 is 2.32 bits per heavy atom. The van der Waals surface area contributed by atoms with E-state index in [4.69, 9.17) is 9.47 Å². The van der Waals surface area contributed by atoms with E-state index >= 15 is 0 Å². The van der Waals surface area contributed by atoms with Gasteiger partial charge in [-0.1, -0.05) is 48.5 Å². The van der Waals surface area contributed by atoms with Crippen LogP contribution in [0.15, 0.2) is 60.7 Å². The Morgan fingerprint density at radius 1 is 0.929 bits per heavy atom. The van der Waals surface area contributed by atoms with Crippen LogP contribution in [0.2, 0.25) is 0 Å². The third kappa shape index (κ3) is 4.14. The summed E-state index contributed by atoms with van der Waals surface area (Å²) in [6.45, 7) is 2.17. The Morgan fingerprint density at radius 2 is 1.61 bits per heavy atom. The van der Waals surface area contributed by atoms with E-state index < -0.39 is 5.97 Å². The topological polar surface area (TPSA) is 55.8 Å². The molecule has 144 valence electrons. The molecule has 0 aliphatic heterocycles. The summed E-state index contributed by atoms with van der Waals surface area (Å²) >= 11 is 0. The van der Waals surface area contributed by atoms with Crippen LogP contribution in [0.4, 0.5) is 0 Å². The van der Waals surface area contributed by atoms with Crippen LogP contribution in [0, 0.1) is 6.92 Å². The molecule has 0 fully saturated rings. The second-order valence-electron chi connectivity index (χ2n) is 6.61. The van der Waals surface area contributed by atoms with Gasteiger partial charge in [0.1, 0.15) is 5.75 Å². The third-order valence-corrected chi connectivity index (χ3v) is 4.75. The van der Waals surface area contributed by atoms with Crippen LogP contribution >= 0.6 is 0 Å². The van der Waals surface area contributed by atoms with Gasteiger partial charge >= 0.3 is 5.97 Å².